The number of unbranched alkanes of at least 4 members (excludes halogenated alkanes) is 5. The lowest BCUT2D eigenvalue weighted by Crippen LogP contribution is -2.15. The van der Waals surface area contributed by atoms with Crippen LogP contribution in [0, 0.1) is 11.8 Å². The number of hydrogen-bond donors (Lipinski definition) is 1. The number of ketones is 1. The first-order chi connectivity index (χ1) is 12.9. The van der Waals surface area contributed by atoms with E-state index in [1.165, 1.54) is 0 Å². The van der Waals surface area contributed by atoms with Gasteiger partial charge in [0.05, 0.1) is 12.2 Å². The van der Waals surface area contributed by atoms with Crippen molar-refractivity contribution in [1.82, 2.24) is 0 Å². The van der Waals surface area contributed by atoms with Crippen molar-refractivity contribution in [3.8, 4) is 0 Å². The molecule has 1 N–H and O–H groups in total. The predicted molar refractivity (Wildman–Crippen MR) is 109 cm³/mol. The second kappa shape index (κ2) is 13.7. The van der Waals surface area contributed by atoms with Crippen molar-refractivity contribution < 1.29 is 19.4 Å². The Bertz CT molecular complexity index is 493. The number of aliphatic hydroxyl groups is 1. The molecule has 0 aromatic carbocycles. The largest absolute Gasteiger partial charge is 0.463 e. The molecule has 0 amide bonds. The molecule has 27 heavy (non-hydrogen) atoms. The zero-order valence-electron chi connectivity index (χ0n) is 17.4. The first-order valence-electron chi connectivity index (χ1n) is 10.7. The SMILES string of the molecule is CCCCC[C@H](O)/C=C/[C@H]1C=CC(=O)C1CCCCCCC(=O)OC(C)C. The van der Waals surface area contributed by atoms with Crippen molar-refractivity contribution in [2.75, 3.05) is 0 Å². The van der Waals surface area contributed by atoms with Gasteiger partial charge in [0.15, 0.2) is 5.78 Å². The van der Waals surface area contributed by atoms with Crippen molar-refractivity contribution in [1.29, 1.82) is 0 Å². The number of esters is 1. The lowest BCUT2D eigenvalue weighted by molar-refractivity contribution is -0.147. The predicted octanol–water partition coefficient (Wildman–Crippen LogP) is 5.15. The Morgan fingerprint density at radius 1 is 1.19 bits per heavy atom. The molecule has 0 aliphatic heterocycles. The highest BCUT2D eigenvalue weighted by Gasteiger charge is 2.27. The van der Waals surface area contributed by atoms with Gasteiger partial charge in [0.25, 0.3) is 0 Å². The first kappa shape index (κ1) is 23.6. The van der Waals surface area contributed by atoms with Crippen LogP contribution < -0.4 is 0 Å². The molecule has 154 valence electrons. The average Bonchev–Trinajstić information content (AvgIpc) is 2.95. The van der Waals surface area contributed by atoms with Gasteiger partial charge < -0.3 is 9.84 Å². The Morgan fingerprint density at radius 2 is 1.93 bits per heavy atom. The normalized spacial score (nSPS) is 20.7. The van der Waals surface area contributed by atoms with Gasteiger partial charge in [0, 0.05) is 18.3 Å². The highest BCUT2D eigenvalue weighted by Crippen LogP contribution is 2.29. The molecule has 0 radical (unpaired) electrons. The molecule has 0 saturated carbocycles. The summed E-state index contributed by atoms with van der Waals surface area (Å²) in [6, 6.07) is 0. The van der Waals surface area contributed by atoms with Crippen molar-refractivity contribution in [2.45, 2.75) is 97.2 Å². The van der Waals surface area contributed by atoms with Crippen molar-refractivity contribution >= 4 is 11.8 Å². The molecular weight excluding hydrogens is 340 g/mol. The van der Waals surface area contributed by atoms with Crippen LogP contribution in [0.1, 0.15) is 85.0 Å². The number of carbonyl (C=O) groups excluding carboxylic acids is 2. The van der Waals surface area contributed by atoms with Crippen LogP contribution in [-0.2, 0) is 14.3 Å². The summed E-state index contributed by atoms with van der Waals surface area (Å²) in [7, 11) is 0. The van der Waals surface area contributed by atoms with E-state index in [2.05, 4.69) is 6.92 Å². The Kier molecular flexibility index (Phi) is 12.0. The van der Waals surface area contributed by atoms with Crippen LogP contribution in [0.25, 0.3) is 0 Å². The summed E-state index contributed by atoms with van der Waals surface area (Å²) in [6.45, 7) is 5.87. The number of allylic oxidation sites excluding steroid dienone is 3. The molecule has 1 rings (SSSR count). The molecule has 0 aromatic heterocycles. The van der Waals surface area contributed by atoms with E-state index < -0.39 is 6.10 Å². The number of ether oxygens (including phenoxy) is 1. The van der Waals surface area contributed by atoms with E-state index in [9.17, 15) is 14.7 Å². The standard InChI is InChI=1S/C23H38O4/c1-4-5-8-11-20(24)16-14-19-15-17-22(25)21(19)12-9-6-7-10-13-23(26)27-18(2)3/h14-21,24H,4-13H2,1-3H3/b16-14+/t19-,20-,21?/m0/s1. The van der Waals surface area contributed by atoms with Crippen molar-refractivity contribution in [3.63, 3.8) is 0 Å². The first-order valence-corrected chi connectivity index (χ1v) is 10.7. The van der Waals surface area contributed by atoms with Crippen LogP contribution in [0.2, 0.25) is 0 Å². The number of rotatable bonds is 14. The van der Waals surface area contributed by atoms with Crippen LogP contribution in [-0.4, -0.2) is 29.1 Å². The topological polar surface area (TPSA) is 63.6 Å². The van der Waals surface area contributed by atoms with Gasteiger partial charge in [0.2, 0.25) is 0 Å². The maximum atomic E-state index is 12.1. The molecule has 1 aliphatic rings. The highest BCUT2D eigenvalue weighted by atomic mass is 16.5. The molecule has 0 saturated heterocycles. The summed E-state index contributed by atoms with van der Waals surface area (Å²) < 4.78 is 5.12. The van der Waals surface area contributed by atoms with Crippen LogP contribution in [0.3, 0.4) is 0 Å². The molecule has 0 spiro atoms. The highest BCUT2D eigenvalue weighted by molar-refractivity contribution is 5.94. The molecule has 0 fully saturated rings. The van der Waals surface area contributed by atoms with Gasteiger partial charge in [-0.1, -0.05) is 63.7 Å². The minimum Gasteiger partial charge on any atom is -0.463 e. The number of aliphatic hydroxyl groups excluding tert-OH is 1. The summed E-state index contributed by atoms with van der Waals surface area (Å²) in [6.07, 6.45) is 16.4. The van der Waals surface area contributed by atoms with Gasteiger partial charge in [-0.2, -0.15) is 0 Å². The van der Waals surface area contributed by atoms with Gasteiger partial charge in [-0.05, 0) is 39.2 Å². The number of hydrogen-bond acceptors (Lipinski definition) is 4. The van der Waals surface area contributed by atoms with Crippen molar-refractivity contribution in [3.05, 3.63) is 24.3 Å². The summed E-state index contributed by atoms with van der Waals surface area (Å²) in [5.41, 5.74) is 0. The zero-order valence-corrected chi connectivity index (χ0v) is 17.4. The summed E-state index contributed by atoms with van der Waals surface area (Å²) in [5.74, 6) is 0.197. The molecule has 0 heterocycles. The molecule has 1 aliphatic carbocycles. The monoisotopic (exact) mass is 378 g/mol. The van der Waals surface area contributed by atoms with Gasteiger partial charge in [-0.3, -0.25) is 9.59 Å². The lowest BCUT2D eigenvalue weighted by atomic mass is 9.88. The van der Waals surface area contributed by atoms with E-state index in [4.69, 9.17) is 4.74 Å². The Balaban J connectivity index is 2.24. The van der Waals surface area contributed by atoms with Gasteiger partial charge in [0.1, 0.15) is 0 Å². The summed E-state index contributed by atoms with van der Waals surface area (Å²) >= 11 is 0. The molecule has 4 nitrogen and oxygen atoms in total. The molecule has 1 unspecified atom stereocenters. The van der Waals surface area contributed by atoms with Crippen molar-refractivity contribution in [2.24, 2.45) is 11.8 Å². The minimum absolute atomic E-state index is 0.00926. The smallest absolute Gasteiger partial charge is 0.306 e. The van der Waals surface area contributed by atoms with Crippen LogP contribution >= 0.6 is 0 Å². The van der Waals surface area contributed by atoms with E-state index in [1.807, 2.05) is 32.1 Å². The van der Waals surface area contributed by atoms with E-state index in [-0.39, 0.29) is 29.7 Å². The molecule has 0 bridgehead atoms. The van der Waals surface area contributed by atoms with E-state index >= 15 is 0 Å². The summed E-state index contributed by atoms with van der Waals surface area (Å²) in [5, 5.41) is 10.0. The third-order valence-electron chi connectivity index (χ3n) is 4.98. The molecule has 3 atom stereocenters. The Labute approximate surface area is 165 Å². The van der Waals surface area contributed by atoms with Crippen LogP contribution in [0.4, 0.5) is 0 Å². The fraction of sp³-hybridized carbons (Fsp3) is 0.739. The van der Waals surface area contributed by atoms with E-state index in [1.54, 1.807) is 6.08 Å². The minimum atomic E-state index is -0.410. The van der Waals surface area contributed by atoms with Crippen LogP contribution in [0.5, 0.6) is 0 Å². The Morgan fingerprint density at radius 3 is 2.63 bits per heavy atom. The average molecular weight is 379 g/mol. The molecular formula is C23H38O4. The second-order valence-electron chi connectivity index (χ2n) is 7.88. The lowest BCUT2D eigenvalue weighted by Gasteiger charge is -2.15. The number of carbonyl (C=O) groups is 2. The Hall–Kier alpha value is -1.42. The molecule has 4 heteroatoms. The second-order valence-corrected chi connectivity index (χ2v) is 7.88. The van der Waals surface area contributed by atoms with Gasteiger partial charge >= 0.3 is 5.97 Å². The maximum absolute atomic E-state index is 12.1. The third-order valence-corrected chi connectivity index (χ3v) is 4.98. The third kappa shape index (κ3) is 10.5. The van der Waals surface area contributed by atoms with E-state index in [0.717, 1.165) is 57.8 Å². The summed E-state index contributed by atoms with van der Waals surface area (Å²) in [4.78, 5) is 23.6. The fourth-order valence-corrected chi connectivity index (χ4v) is 3.45. The molecule has 0 aromatic rings. The van der Waals surface area contributed by atoms with Crippen LogP contribution in [0.15, 0.2) is 24.3 Å². The van der Waals surface area contributed by atoms with Gasteiger partial charge in [-0.25, -0.2) is 0 Å². The van der Waals surface area contributed by atoms with E-state index in [0.29, 0.717) is 6.42 Å². The maximum Gasteiger partial charge on any atom is 0.306 e. The zero-order chi connectivity index (χ0) is 20.1. The fourth-order valence-electron chi connectivity index (χ4n) is 3.45. The quantitative estimate of drug-likeness (QED) is 0.258. The van der Waals surface area contributed by atoms with Gasteiger partial charge in [-0.15, -0.1) is 0 Å².